The highest BCUT2D eigenvalue weighted by Crippen LogP contribution is 2.39. The van der Waals surface area contributed by atoms with Crippen LogP contribution in [0.25, 0.3) is 0 Å². The monoisotopic (exact) mass is 450 g/mol. The molecule has 0 saturated heterocycles. The average Bonchev–Trinajstić information content (AvgIpc) is 3.18. The van der Waals surface area contributed by atoms with Crippen LogP contribution in [0.15, 0.2) is 48.5 Å². The highest BCUT2D eigenvalue weighted by atomic mass is 19.1. The van der Waals surface area contributed by atoms with Crippen molar-refractivity contribution < 1.29 is 23.5 Å². The van der Waals surface area contributed by atoms with E-state index in [1.807, 2.05) is 0 Å². The Hall–Kier alpha value is -3.88. The second-order valence-electron chi connectivity index (χ2n) is 8.38. The second kappa shape index (κ2) is 7.91. The summed E-state index contributed by atoms with van der Waals surface area (Å²) in [6.07, 6.45) is 0. The molecule has 0 fully saturated rings. The van der Waals surface area contributed by atoms with Crippen LogP contribution >= 0.6 is 0 Å². The molecule has 3 aromatic rings. The second-order valence-corrected chi connectivity index (χ2v) is 8.38. The molecule has 0 spiro atoms. The van der Waals surface area contributed by atoms with E-state index in [2.05, 4.69) is 10.4 Å². The zero-order valence-corrected chi connectivity index (χ0v) is 18.3. The van der Waals surface area contributed by atoms with E-state index in [4.69, 9.17) is 9.47 Å². The van der Waals surface area contributed by atoms with Gasteiger partial charge in [0, 0.05) is 18.3 Å². The molecule has 1 unspecified atom stereocenters. The summed E-state index contributed by atoms with van der Waals surface area (Å²) in [5.74, 6) is 0.0850. The smallest absolute Gasteiger partial charge is 0.277 e. The van der Waals surface area contributed by atoms with Crippen LogP contribution < -0.4 is 19.7 Å². The summed E-state index contributed by atoms with van der Waals surface area (Å²) in [7, 11) is 0. The average molecular weight is 450 g/mol. The summed E-state index contributed by atoms with van der Waals surface area (Å²) in [4.78, 5) is 28.6. The van der Waals surface area contributed by atoms with Crippen molar-refractivity contribution in [1.29, 1.82) is 0 Å². The van der Waals surface area contributed by atoms with Crippen LogP contribution in [0.2, 0.25) is 0 Å². The standard InChI is InChI=1S/C24H23FN4O4/c1-15-11-19-22(30)29(18-7-8-20-21(12-18)33-10-9-32-20)24(2,14-28(19)27-15)23(31)26-13-16-3-5-17(25)6-4-16/h3-8,11-12H,9-10,13-14H2,1-2H3,(H,26,31). The Bertz CT molecular complexity index is 1240. The quantitative estimate of drug-likeness (QED) is 0.661. The number of amides is 2. The first-order chi connectivity index (χ1) is 15.8. The van der Waals surface area contributed by atoms with Gasteiger partial charge in [0.25, 0.3) is 5.91 Å². The number of benzene rings is 2. The molecule has 5 rings (SSSR count). The Labute approximate surface area is 189 Å². The van der Waals surface area contributed by atoms with Gasteiger partial charge in [0.05, 0.1) is 12.2 Å². The molecule has 2 aromatic carbocycles. The summed E-state index contributed by atoms with van der Waals surface area (Å²) in [6.45, 7) is 4.75. The number of nitrogens with zero attached hydrogens (tertiary/aromatic N) is 3. The minimum Gasteiger partial charge on any atom is -0.486 e. The van der Waals surface area contributed by atoms with Crippen LogP contribution in [0, 0.1) is 12.7 Å². The van der Waals surface area contributed by atoms with Gasteiger partial charge in [-0.3, -0.25) is 19.2 Å². The fraction of sp³-hybridized carbons (Fsp3) is 0.292. The van der Waals surface area contributed by atoms with Gasteiger partial charge in [0.2, 0.25) is 5.91 Å². The lowest BCUT2D eigenvalue weighted by Gasteiger charge is -2.43. The van der Waals surface area contributed by atoms with Crippen molar-refractivity contribution in [2.45, 2.75) is 32.5 Å². The number of carbonyl (C=O) groups is 2. The molecule has 8 nitrogen and oxygen atoms in total. The van der Waals surface area contributed by atoms with Crippen molar-refractivity contribution in [3.05, 3.63) is 71.3 Å². The third kappa shape index (κ3) is 3.69. The summed E-state index contributed by atoms with van der Waals surface area (Å²) >= 11 is 0. The number of anilines is 1. The molecule has 170 valence electrons. The summed E-state index contributed by atoms with van der Waals surface area (Å²) < 4.78 is 26.1. The summed E-state index contributed by atoms with van der Waals surface area (Å²) in [6, 6.07) is 12.8. The van der Waals surface area contributed by atoms with Gasteiger partial charge in [-0.15, -0.1) is 0 Å². The van der Waals surface area contributed by atoms with Crippen molar-refractivity contribution in [3.63, 3.8) is 0 Å². The molecule has 1 aromatic heterocycles. The zero-order chi connectivity index (χ0) is 23.2. The van der Waals surface area contributed by atoms with E-state index in [1.165, 1.54) is 17.0 Å². The third-order valence-electron chi connectivity index (χ3n) is 5.91. The summed E-state index contributed by atoms with van der Waals surface area (Å²) in [5, 5.41) is 7.31. The van der Waals surface area contributed by atoms with E-state index in [-0.39, 0.29) is 30.7 Å². The van der Waals surface area contributed by atoms with E-state index in [0.29, 0.717) is 41.8 Å². The van der Waals surface area contributed by atoms with Crippen LogP contribution in [0.5, 0.6) is 11.5 Å². The summed E-state index contributed by atoms with van der Waals surface area (Å²) in [5.41, 5.74) is 1.10. The minimum atomic E-state index is -1.27. The predicted octanol–water partition coefficient (Wildman–Crippen LogP) is 2.84. The fourth-order valence-corrected chi connectivity index (χ4v) is 4.26. The molecule has 0 aliphatic carbocycles. The number of fused-ring (bicyclic) bond motifs is 2. The zero-order valence-electron chi connectivity index (χ0n) is 18.3. The van der Waals surface area contributed by atoms with E-state index in [1.54, 1.807) is 54.9 Å². The molecule has 9 heteroatoms. The van der Waals surface area contributed by atoms with Crippen LogP contribution in [0.4, 0.5) is 10.1 Å². The molecule has 1 N–H and O–H groups in total. The van der Waals surface area contributed by atoms with E-state index < -0.39 is 5.54 Å². The molecule has 0 saturated carbocycles. The van der Waals surface area contributed by atoms with Gasteiger partial charge < -0.3 is 14.8 Å². The Morgan fingerprint density at radius 1 is 1.12 bits per heavy atom. The Morgan fingerprint density at radius 2 is 1.85 bits per heavy atom. The van der Waals surface area contributed by atoms with Crippen molar-refractivity contribution in [3.8, 4) is 11.5 Å². The molecular formula is C24H23FN4O4. The molecule has 2 aliphatic rings. The topological polar surface area (TPSA) is 85.7 Å². The molecule has 1 atom stereocenters. The molecule has 2 amide bonds. The number of carbonyl (C=O) groups excluding carboxylic acids is 2. The molecular weight excluding hydrogens is 427 g/mol. The maximum atomic E-state index is 13.6. The molecule has 2 aliphatic heterocycles. The first kappa shape index (κ1) is 21.0. The number of nitrogens with one attached hydrogen (secondary N) is 1. The largest absolute Gasteiger partial charge is 0.486 e. The lowest BCUT2D eigenvalue weighted by atomic mass is 9.93. The van der Waals surface area contributed by atoms with Gasteiger partial charge in [0.1, 0.15) is 30.3 Å². The Balaban J connectivity index is 1.51. The van der Waals surface area contributed by atoms with Gasteiger partial charge in [-0.2, -0.15) is 5.10 Å². The van der Waals surface area contributed by atoms with Crippen molar-refractivity contribution in [2.24, 2.45) is 0 Å². The molecule has 3 heterocycles. The Kier molecular flexibility index (Phi) is 5.03. The lowest BCUT2D eigenvalue weighted by Crippen LogP contribution is -2.64. The minimum absolute atomic E-state index is 0.172. The predicted molar refractivity (Wildman–Crippen MR) is 118 cm³/mol. The number of aromatic nitrogens is 2. The highest BCUT2D eigenvalue weighted by Gasteiger charge is 2.49. The van der Waals surface area contributed by atoms with Gasteiger partial charge in [-0.1, -0.05) is 12.1 Å². The lowest BCUT2D eigenvalue weighted by molar-refractivity contribution is -0.126. The maximum Gasteiger partial charge on any atom is 0.277 e. The number of hydrogen-bond donors (Lipinski definition) is 1. The number of aryl methyl sites for hydroxylation is 1. The fourth-order valence-electron chi connectivity index (χ4n) is 4.26. The molecule has 0 radical (unpaired) electrons. The van der Waals surface area contributed by atoms with Gasteiger partial charge >= 0.3 is 0 Å². The Morgan fingerprint density at radius 3 is 2.61 bits per heavy atom. The first-order valence-electron chi connectivity index (χ1n) is 10.7. The normalized spacial score (nSPS) is 19.2. The van der Waals surface area contributed by atoms with Crippen molar-refractivity contribution >= 4 is 17.5 Å². The van der Waals surface area contributed by atoms with Crippen LogP contribution in [0.3, 0.4) is 0 Å². The van der Waals surface area contributed by atoms with Crippen LogP contribution in [-0.2, 0) is 17.9 Å². The highest BCUT2D eigenvalue weighted by molar-refractivity contribution is 6.12. The number of rotatable bonds is 4. The van der Waals surface area contributed by atoms with E-state index >= 15 is 0 Å². The maximum absolute atomic E-state index is 13.6. The van der Waals surface area contributed by atoms with Gasteiger partial charge in [-0.25, -0.2) is 4.39 Å². The van der Waals surface area contributed by atoms with E-state index in [9.17, 15) is 14.0 Å². The van der Waals surface area contributed by atoms with Gasteiger partial charge in [0.15, 0.2) is 11.5 Å². The van der Waals surface area contributed by atoms with Crippen molar-refractivity contribution in [2.75, 3.05) is 18.1 Å². The van der Waals surface area contributed by atoms with Crippen molar-refractivity contribution in [1.82, 2.24) is 15.1 Å². The van der Waals surface area contributed by atoms with Crippen LogP contribution in [-0.4, -0.2) is 40.3 Å². The van der Waals surface area contributed by atoms with Gasteiger partial charge in [-0.05, 0) is 49.7 Å². The molecule has 0 bridgehead atoms. The molecule has 33 heavy (non-hydrogen) atoms. The number of ether oxygens (including phenoxy) is 2. The number of hydrogen-bond acceptors (Lipinski definition) is 5. The first-order valence-corrected chi connectivity index (χ1v) is 10.7. The third-order valence-corrected chi connectivity index (χ3v) is 5.91. The SMILES string of the molecule is Cc1cc2n(n1)CC(C)(C(=O)NCc1ccc(F)cc1)N(c1ccc3c(c1)OCCO3)C2=O. The van der Waals surface area contributed by atoms with E-state index in [0.717, 1.165) is 5.56 Å². The number of halogens is 1. The van der Waals surface area contributed by atoms with Crippen LogP contribution in [0.1, 0.15) is 28.7 Å².